The summed E-state index contributed by atoms with van der Waals surface area (Å²) in [6, 6.07) is 18.3. The van der Waals surface area contributed by atoms with E-state index >= 15 is 0 Å². The number of likely N-dealkylation sites (tertiary alicyclic amines) is 2. The van der Waals surface area contributed by atoms with E-state index in [1.165, 1.54) is 10.5 Å². The molecule has 4 aliphatic rings. The number of fused-ring (bicyclic) bond motifs is 3. The van der Waals surface area contributed by atoms with Crippen molar-refractivity contribution >= 4 is 40.6 Å². The van der Waals surface area contributed by atoms with Gasteiger partial charge in [0.25, 0.3) is 5.88 Å². The van der Waals surface area contributed by atoms with Crippen LogP contribution in [0.1, 0.15) is 73.9 Å². The van der Waals surface area contributed by atoms with E-state index in [0.29, 0.717) is 42.0 Å². The highest BCUT2D eigenvalue weighted by Gasteiger charge is 2.43. The van der Waals surface area contributed by atoms with Crippen molar-refractivity contribution < 1.29 is 29.1 Å². The Balaban J connectivity index is 0.659. The Morgan fingerprint density at radius 1 is 0.986 bits per heavy atom. The molecule has 3 fully saturated rings. The quantitative estimate of drug-likeness (QED) is 0.0890. The predicted molar refractivity (Wildman–Crippen MR) is 266 cm³/mol. The molecule has 0 radical (unpaired) electrons. The van der Waals surface area contributed by atoms with Crippen LogP contribution in [0.25, 0.3) is 21.7 Å². The fourth-order valence-corrected chi connectivity index (χ4v) is 11.1. The van der Waals surface area contributed by atoms with Gasteiger partial charge >= 0.3 is 0 Å². The van der Waals surface area contributed by atoms with Crippen molar-refractivity contribution in [2.24, 2.45) is 5.92 Å². The molecule has 2 aromatic carbocycles. The van der Waals surface area contributed by atoms with Crippen LogP contribution in [0.2, 0.25) is 0 Å². The summed E-state index contributed by atoms with van der Waals surface area (Å²) in [7, 11) is 0. The third-order valence-electron chi connectivity index (χ3n) is 14.2. The van der Waals surface area contributed by atoms with E-state index in [4.69, 9.17) is 19.2 Å². The van der Waals surface area contributed by atoms with Crippen LogP contribution in [0.5, 0.6) is 11.6 Å². The Kier molecular flexibility index (Phi) is 13.9. The third-order valence-corrected chi connectivity index (χ3v) is 15.1. The summed E-state index contributed by atoms with van der Waals surface area (Å²) in [4.78, 5) is 51.4. The number of rotatable bonds is 15. The number of benzene rings is 2. The number of aliphatic hydroxyl groups excluding tert-OH is 1. The van der Waals surface area contributed by atoms with Crippen molar-refractivity contribution in [2.75, 3.05) is 74.1 Å². The summed E-state index contributed by atoms with van der Waals surface area (Å²) < 4.78 is 11.7. The molecule has 4 atom stereocenters. The first-order chi connectivity index (χ1) is 34.1. The number of aryl methyl sites for hydroxylation is 1. The van der Waals surface area contributed by atoms with Crippen LogP contribution in [0.3, 0.4) is 0 Å². The number of thiazole rings is 1. The topological polar surface area (TPSA) is 211 Å². The highest BCUT2D eigenvalue weighted by atomic mass is 32.1. The second-order valence-corrected chi connectivity index (χ2v) is 20.0. The second kappa shape index (κ2) is 20.7. The standard InChI is InChI=1S/C51H60N12O6S/c1-31(2)46(50(67)63-29-38(64)21-42(63)49(66)53-24-33-9-11-35(12-10-33)47-32(3)56-30-70-47)44-23-45(59-69-44)68-20-6-15-60-16-13-34(14-17-60)36-25-54-51(55-26-36)61-18-19-62-37(28-61)27-52-48-41(62)22-40(57-58-48)39-7-4-5-8-43(39)65/h4-5,7-12,22-23,25-26,30-31,34,37-38,42,46,64-65H,6,13-21,24,27-29H2,1-3H3,(H,52,58)(H,53,66)/t37-,38-,42+,46-/m1/s1. The third kappa shape index (κ3) is 10.1. The number of phenolic OH excluding ortho intramolecular Hbond substituents is 1. The lowest BCUT2D eigenvalue weighted by Crippen LogP contribution is -2.58. The first-order valence-electron chi connectivity index (χ1n) is 24.4. The molecule has 0 unspecified atom stereocenters. The Bertz CT molecular complexity index is 2760. The fraction of sp³-hybridized carbons (Fsp3) is 0.451. The minimum atomic E-state index is -0.811. The number of β-amino-alcohol motifs (C(OH)–C–C–N with tert-alkyl or cyclic N) is 1. The Hall–Kier alpha value is -6.70. The zero-order chi connectivity index (χ0) is 48.3. The number of amides is 2. The molecular weight excluding hydrogens is 909 g/mol. The zero-order valence-corrected chi connectivity index (χ0v) is 40.6. The largest absolute Gasteiger partial charge is 0.507 e. The highest BCUT2D eigenvalue weighted by molar-refractivity contribution is 7.13. The van der Waals surface area contributed by atoms with Gasteiger partial charge in [0.1, 0.15) is 17.7 Å². The normalized spacial score (nSPS) is 20.0. The van der Waals surface area contributed by atoms with E-state index in [9.17, 15) is 19.8 Å². The number of nitrogens with zero attached hydrogens (tertiary/aromatic N) is 10. The minimum absolute atomic E-state index is 0.0635. The lowest BCUT2D eigenvalue weighted by molar-refractivity contribution is -0.141. The van der Waals surface area contributed by atoms with Crippen molar-refractivity contribution in [1.29, 1.82) is 0 Å². The molecule has 10 rings (SSSR count). The number of aromatic nitrogens is 6. The van der Waals surface area contributed by atoms with E-state index in [2.05, 4.69) is 45.7 Å². The van der Waals surface area contributed by atoms with Crippen molar-refractivity contribution in [3.05, 3.63) is 101 Å². The molecule has 8 heterocycles. The monoisotopic (exact) mass is 968 g/mol. The maximum atomic E-state index is 14.1. The van der Waals surface area contributed by atoms with Crippen LogP contribution in [0, 0.1) is 12.8 Å². The summed E-state index contributed by atoms with van der Waals surface area (Å²) in [5.74, 6) is 1.32. The number of aliphatic hydroxyl groups is 1. The summed E-state index contributed by atoms with van der Waals surface area (Å²) in [5, 5.41) is 40.5. The molecule has 2 amide bonds. The van der Waals surface area contributed by atoms with Gasteiger partial charge in [0, 0.05) is 76.3 Å². The highest BCUT2D eigenvalue weighted by Crippen LogP contribution is 2.37. The van der Waals surface area contributed by atoms with Gasteiger partial charge in [-0.05, 0) is 91.2 Å². The van der Waals surface area contributed by atoms with Gasteiger partial charge in [-0.3, -0.25) is 9.59 Å². The van der Waals surface area contributed by atoms with Gasteiger partial charge < -0.3 is 49.7 Å². The number of phenols is 1. The maximum Gasteiger partial charge on any atom is 0.254 e. The van der Waals surface area contributed by atoms with Gasteiger partial charge in [0.2, 0.25) is 17.8 Å². The van der Waals surface area contributed by atoms with Gasteiger partial charge in [0.05, 0.1) is 46.2 Å². The molecule has 0 saturated carbocycles. The molecule has 4 aliphatic heterocycles. The zero-order valence-electron chi connectivity index (χ0n) is 39.8. The van der Waals surface area contributed by atoms with Crippen LogP contribution in [-0.2, 0) is 16.1 Å². The van der Waals surface area contributed by atoms with Gasteiger partial charge in [-0.2, -0.15) is 0 Å². The molecule has 0 spiro atoms. The molecule has 0 bridgehead atoms. The minimum Gasteiger partial charge on any atom is -0.507 e. The van der Waals surface area contributed by atoms with E-state index < -0.39 is 18.1 Å². The number of ether oxygens (including phenoxy) is 1. The first-order valence-corrected chi connectivity index (χ1v) is 25.2. The molecule has 6 aromatic rings. The summed E-state index contributed by atoms with van der Waals surface area (Å²) >= 11 is 1.59. The molecule has 3 saturated heterocycles. The predicted octanol–water partition coefficient (Wildman–Crippen LogP) is 5.85. The number of carbonyl (C=O) groups excluding carboxylic acids is 2. The van der Waals surface area contributed by atoms with Crippen LogP contribution >= 0.6 is 11.3 Å². The van der Waals surface area contributed by atoms with E-state index in [0.717, 1.165) is 104 Å². The van der Waals surface area contributed by atoms with Gasteiger partial charge in [-0.1, -0.05) is 50.2 Å². The number of hydrogen-bond acceptors (Lipinski definition) is 17. The summed E-state index contributed by atoms with van der Waals surface area (Å²) in [5.41, 5.74) is 8.28. The molecule has 19 heteroatoms. The van der Waals surface area contributed by atoms with Crippen molar-refractivity contribution in [3.8, 4) is 33.3 Å². The van der Waals surface area contributed by atoms with Gasteiger partial charge in [-0.15, -0.1) is 21.5 Å². The number of hydrogen-bond donors (Lipinski definition) is 4. The molecule has 4 N–H and O–H groups in total. The van der Waals surface area contributed by atoms with Crippen LogP contribution in [0.4, 0.5) is 17.5 Å². The number of piperazine rings is 1. The number of para-hydroxylation sites is 1. The molecule has 18 nitrogen and oxygen atoms in total. The van der Waals surface area contributed by atoms with Crippen LogP contribution in [0.15, 0.2) is 83.1 Å². The summed E-state index contributed by atoms with van der Waals surface area (Å²) in [6.07, 6.45) is 6.21. The number of carbonyl (C=O) groups is 2. The number of aromatic hydroxyl groups is 1. The molecule has 70 heavy (non-hydrogen) atoms. The Labute approximate surface area is 411 Å². The number of piperidine rings is 1. The van der Waals surface area contributed by atoms with Crippen LogP contribution in [-0.4, -0.2) is 139 Å². The van der Waals surface area contributed by atoms with Crippen LogP contribution < -0.4 is 25.2 Å². The SMILES string of the molecule is Cc1ncsc1-c1ccc(CNC(=O)[C@@H]2C[C@@H](O)CN2C(=O)[C@@H](c2cc(OCCCN3CCC(c4cnc(N5CCN6c7cc(-c8ccccc8O)nnc7NC[C@@H]6C5)nc4)CC3)no2)C(C)C)cc1. The van der Waals surface area contributed by atoms with Gasteiger partial charge in [0.15, 0.2) is 11.6 Å². The van der Waals surface area contributed by atoms with Crippen molar-refractivity contribution in [3.63, 3.8) is 0 Å². The Morgan fingerprint density at radius 2 is 1.79 bits per heavy atom. The molecule has 0 aliphatic carbocycles. The maximum absolute atomic E-state index is 14.1. The lowest BCUT2D eigenvalue weighted by atomic mass is 9.91. The molecular formula is C51H60N12O6S. The smallest absolute Gasteiger partial charge is 0.254 e. The lowest BCUT2D eigenvalue weighted by Gasteiger charge is -2.45. The molecule has 4 aromatic heterocycles. The van der Waals surface area contributed by atoms with E-state index in [-0.39, 0.29) is 42.5 Å². The molecule has 366 valence electrons. The van der Waals surface area contributed by atoms with E-state index in [1.807, 2.05) is 81.1 Å². The summed E-state index contributed by atoms with van der Waals surface area (Å²) in [6.45, 7) is 12.6. The van der Waals surface area contributed by atoms with Gasteiger partial charge in [-0.25, -0.2) is 15.0 Å². The average Bonchev–Trinajstić information content (AvgIpc) is 4.14. The average molecular weight is 969 g/mol. The Morgan fingerprint density at radius 3 is 2.54 bits per heavy atom. The number of anilines is 3. The second-order valence-electron chi connectivity index (χ2n) is 19.2. The number of nitrogens with one attached hydrogen (secondary N) is 2. The van der Waals surface area contributed by atoms with Crippen molar-refractivity contribution in [2.45, 2.75) is 83.0 Å². The van der Waals surface area contributed by atoms with E-state index in [1.54, 1.807) is 29.5 Å². The first kappa shape index (κ1) is 47.0. The van der Waals surface area contributed by atoms with Crippen molar-refractivity contribution in [1.82, 2.24) is 45.4 Å². The fourth-order valence-electron chi connectivity index (χ4n) is 10.3.